The molecule has 164 valence electrons. The van der Waals surface area contributed by atoms with E-state index < -0.39 is 27.0 Å². The first kappa shape index (κ1) is 22.0. The van der Waals surface area contributed by atoms with Crippen molar-refractivity contribution in [3.63, 3.8) is 0 Å². The van der Waals surface area contributed by atoms with Crippen molar-refractivity contribution in [2.75, 3.05) is 33.0 Å². The Hall–Kier alpha value is -1.70. The van der Waals surface area contributed by atoms with Crippen molar-refractivity contribution in [2.24, 2.45) is 0 Å². The van der Waals surface area contributed by atoms with Gasteiger partial charge in [-0.3, -0.25) is 0 Å². The van der Waals surface area contributed by atoms with Gasteiger partial charge in [-0.2, -0.15) is 21.6 Å². The minimum absolute atomic E-state index is 0.0719. The Morgan fingerprint density at radius 3 is 2.55 bits per heavy atom. The fourth-order valence-corrected chi connectivity index (χ4v) is 3.05. The van der Waals surface area contributed by atoms with E-state index in [1.807, 2.05) is 0 Å². The lowest BCUT2D eigenvalue weighted by atomic mass is 9.99. The van der Waals surface area contributed by atoms with E-state index in [2.05, 4.69) is 9.17 Å². The van der Waals surface area contributed by atoms with Gasteiger partial charge in [0.15, 0.2) is 12.0 Å². The molecule has 0 N–H and O–H groups in total. The van der Waals surface area contributed by atoms with Crippen LogP contribution in [0.3, 0.4) is 0 Å². The van der Waals surface area contributed by atoms with Crippen molar-refractivity contribution < 1.29 is 49.1 Å². The van der Waals surface area contributed by atoms with Gasteiger partial charge in [0, 0.05) is 18.7 Å². The number of pyridine rings is 1. The third-order valence-electron chi connectivity index (χ3n) is 4.16. The highest BCUT2D eigenvalue weighted by atomic mass is 32.2. The van der Waals surface area contributed by atoms with E-state index in [-0.39, 0.29) is 44.3 Å². The Bertz CT molecular complexity index is 808. The van der Waals surface area contributed by atoms with Crippen LogP contribution in [0.2, 0.25) is 0 Å². The monoisotopic (exact) mass is 445 g/mol. The topological polar surface area (TPSA) is 93.2 Å². The number of hydrogen-bond acceptors (Lipinski definition) is 8. The molecule has 0 spiro atoms. The molecule has 0 bridgehead atoms. The molecule has 1 atom stereocenters. The largest absolute Gasteiger partial charge is 0.534 e. The Balaban J connectivity index is 1.69. The molecule has 1 unspecified atom stereocenters. The van der Waals surface area contributed by atoms with Gasteiger partial charge < -0.3 is 23.1 Å². The summed E-state index contributed by atoms with van der Waals surface area (Å²) in [7, 11) is -5.94. The van der Waals surface area contributed by atoms with Crippen LogP contribution in [-0.2, 0) is 30.0 Å². The zero-order valence-electron chi connectivity index (χ0n) is 15.1. The summed E-state index contributed by atoms with van der Waals surface area (Å²) in [6.07, 6.45) is 2.27. The molecule has 1 aromatic heterocycles. The highest BCUT2D eigenvalue weighted by molar-refractivity contribution is 7.88. The number of ether oxygens (including phenoxy) is 4. The molecule has 8 nitrogen and oxygen atoms in total. The van der Waals surface area contributed by atoms with Crippen LogP contribution in [0.1, 0.15) is 25.0 Å². The van der Waals surface area contributed by atoms with Crippen LogP contribution in [0.15, 0.2) is 12.1 Å². The number of nitrogens with zero attached hydrogens (tertiary/aromatic N) is 1. The maximum absolute atomic E-state index is 14.6. The van der Waals surface area contributed by atoms with Crippen molar-refractivity contribution in [1.82, 2.24) is 4.98 Å². The maximum atomic E-state index is 14.6. The van der Waals surface area contributed by atoms with E-state index in [9.17, 15) is 26.0 Å². The fraction of sp³-hybridized carbons (Fsp3) is 0.688. The van der Waals surface area contributed by atoms with Gasteiger partial charge in [-0.05, 0) is 19.3 Å². The third-order valence-corrected chi connectivity index (χ3v) is 5.14. The molecule has 1 aromatic rings. The molecular weight excluding hydrogens is 426 g/mol. The molecule has 0 amide bonds. The quantitative estimate of drug-likeness (QED) is 0.261. The minimum atomic E-state index is -5.94. The summed E-state index contributed by atoms with van der Waals surface area (Å²) >= 11 is 0. The van der Waals surface area contributed by atoms with Crippen LogP contribution in [0, 0.1) is 0 Å². The second-order valence-electron chi connectivity index (χ2n) is 6.48. The van der Waals surface area contributed by atoms with Gasteiger partial charge in [0.1, 0.15) is 12.4 Å². The molecule has 3 rings (SSSR count). The molecule has 2 aliphatic heterocycles. The molecule has 0 saturated carbocycles. The number of rotatable bonds is 8. The lowest BCUT2D eigenvalue weighted by Gasteiger charge is -2.33. The van der Waals surface area contributed by atoms with Crippen LogP contribution in [0.4, 0.5) is 17.6 Å². The maximum Gasteiger partial charge on any atom is 0.534 e. The van der Waals surface area contributed by atoms with E-state index in [1.165, 1.54) is 0 Å². The molecule has 3 heterocycles. The second-order valence-corrected chi connectivity index (χ2v) is 8.02. The van der Waals surface area contributed by atoms with Gasteiger partial charge in [0.25, 0.3) is 0 Å². The molecule has 0 aromatic carbocycles. The van der Waals surface area contributed by atoms with E-state index >= 15 is 0 Å². The first-order chi connectivity index (χ1) is 13.6. The summed E-state index contributed by atoms with van der Waals surface area (Å²) in [6, 6.07) is 1.60. The van der Waals surface area contributed by atoms with E-state index in [1.54, 1.807) is 0 Å². The summed E-state index contributed by atoms with van der Waals surface area (Å²) in [5.41, 5.74) is -8.07. The van der Waals surface area contributed by atoms with Crippen LogP contribution < -0.4 is 8.92 Å². The Labute approximate surface area is 164 Å². The van der Waals surface area contributed by atoms with E-state index in [4.69, 9.17) is 18.9 Å². The number of halogens is 4. The van der Waals surface area contributed by atoms with Crippen LogP contribution in [0.25, 0.3) is 0 Å². The second kappa shape index (κ2) is 8.58. The van der Waals surface area contributed by atoms with Gasteiger partial charge >= 0.3 is 15.6 Å². The van der Waals surface area contributed by atoms with Crippen molar-refractivity contribution in [2.45, 2.75) is 36.7 Å². The standard InChI is InChI=1S/C16H19F4NO7S/c17-15(9-24-10-15)12-7-11(28-29(22,23)16(18,19)20)8-13(21-12)25-5-6-27-14-3-1-2-4-26-14/h7-8,14H,1-6,9-10H2. The predicted molar refractivity (Wildman–Crippen MR) is 88.5 cm³/mol. The molecule has 2 saturated heterocycles. The molecule has 29 heavy (non-hydrogen) atoms. The molecule has 0 aliphatic carbocycles. The molecule has 13 heteroatoms. The van der Waals surface area contributed by atoms with E-state index in [0.29, 0.717) is 6.61 Å². The van der Waals surface area contributed by atoms with Gasteiger partial charge in [-0.25, -0.2) is 9.37 Å². The zero-order valence-corrected chi connectivity index (χ0v) is 15.9. The van der Waals surface area contributed by atoms with Crippen molar-refractivity contribution in [3.05, 3.63) is 17.8 Å². The van der Waals surface area contributed by atoms with Gasteiger partial charge in [0.05, 0.1) is 25.5 Å². The van der Waals surface area contributed by atoms with Crippen molar-refractivity contribution in [1.29, 1.82) is 0 Å². The Kier molecular flexibility index (Phi) is 6.51. The molecular formula is C16H19F4NO7S. The summed E-state index contributed by atoms with van der Waals surface area (Å²) in [5, 5.41) is 0. The van der Waals surface area contributed by atoms with Gasteiger partial charge in [-0.15, -0.1) is 0 Å². The van der Waals surface area contributed by atoms with Crippen LogP contribution in [0.5, 0.6) is 11.6 Å². The molecule has 2 fully saturated rings. The average molecular weight is 445 g/mol. The fourth-order valence-electron chi connectivity index (χ4n) is 2.60. The molecule has 0 radical (unpaired) electrons. The SMILES string of the molecule is O=S(=O)(Oc1cc(OCCOC2CCCCO2)nc(C2(F)COC2)c1)C(F)(F)F. The summed E-state index contributed by atoms with van der Waals surface area (Å²) in [4.78, 5) is 3.88. The minimum Gasteiger partial charge on any atom is -0.475 e. The summed E-state index contributed by atoms with van der Waals surface area (Å²) in [6.45, 7) is -0.159. The first-order valence-corrected chi connectivity index (χ1v) is 10.2. The van der Waals surface area contributed by atoms with E-state index in [0.717, 1.165) is 31.4 Å². The zero-order chi connectivity index (χ0) is 21.1. The molecule has 2 aliphatic rings. The van der Waals surface area contributed by atoms with Gasteiger partial charge in [0.2, 0.25) is 5.88 Å². The number of aromatic nitrogens is 1. The highest BCUT2D eigenvalue weighted by Gasteiger charge is 2.49. The van der Waals surface area contributed by atoms with Crippen LogP contribution in [-0.4, -0.2) is 58.2 Å². The smallest absolute Gasteiger partial charge is 0.475 e. The highest BCUT2D eigenvalue weighted by Crippen LogP contribution is 2.37. The van der Waals surface area contributed by atoms with Crippen molar-refractivity contribution >= 4 is 10.1 Å². The summed E-state index contributed by atoms with van der Waals surface area (Å²) in [5.74, 6) is -1.09. The average Bonchev–Trinajstić information content (AvgIpc) is 2.62. The Morgan fingerprint density at radius 2 is 1.97 bits per heavy atom. The third kappa shape index (κ3) is 5.47. The lowest BCUT2D eigenvalue weighted by molar-refractivity contribution is -0.165. The predicted octanol–water partition coefficient (Wildman–Crippen LogP) is 2.43. The number of alkyl halides is 4. The summed E-state index contributed by atoms with van der Waals surface area (Å²) < 4.78 is 99.8. The van der Waals surface area contributed by atoms with Crippen LogP contribution >= 0.6 is 0 Å². The normalized spacial score (nSPS) is 22.0. The van der Waals surface area contributed by atoms with Gasteiger partial charge in [-0.1, -0.05) is 0 Å². The van der Waals surface area contributed by atoms with Crippen molar-refractivity contribution in [3.8, 4) is 11.6 Å². The first-order valence-electron chi connectivity index (χ1n) is 8.75. The number of hydrogen-bond donors (Lipinski definition) is 0. The Morgan fingerprint density at radius 1 is 1.21 bits per heavy atom. The lowest BCUT2D eigenvalue weighted by Crippen LogP contribution is -2.43.